The van der Waals surface area contributed by atoms with Crippen molar-refractivity contribution in [2.45, 2.75) is 24.8 Å². The molecule has 2 aromatic rings. The van der Waals surface area contributed by atoms with E-state index in [1.165, 1.54) is 38.5 Å². The molecule has 2 rings (SSSR count). The number of carbonyl (C=O) groups is 2. The fourth-order valence-electron chi connectivity index (χ4n) is 2.59. The minimum Gasteiger partial charge on any atom is -0.493 e. The first-order valence-electron chi connectivity index (χ1n) is 9.19. The van der Waals surface area contributed by atoms with E-state index >= 15 is 0 Å². The molecule has 0 unspecified atom stereocenters. The molecule has 0 saturated heterocycles. The Kier molecular flexibility index (Phi) is 8.43. The molecule has 31 heavy (non-hydrogen) atoms. The Balaban J connectivity index is 2.09. The normalized spacial score (nSPS) is 12.2. The maximum absolute atomic E-state index is 12.6. The number of methoxy groups -OCH3 is 2. The fraction of sp³-hybridized carbons (Fsp3) is 0.300. The summed E-state index contributed by atoms with van der Waals surface area (Å²) in [7, 11) is -1.04. The Morgan fingerprint density at radius 3 is 2.10 bits per heavy atom. The topological polar surface area (TPSA) is 123 Å². The van der Waals surface area contributed by atoms with Crippen molar-refractivity contribution in [1.82, 2.24) is 15.6 Å². The van der Waals surface area contributed by atoms with Crippen molar-refractivity contribution in [2.24, 2.45) is 5.92 Å². The van der Waals surface area contributed by atoms with E-state index in [4.69, 9.17) is 9.47 Å². The largest absolute Gasteiger partial charge is 0.493 e. The number of halogens is 1. The summed E-state index contributed by atoms with van der Waals surface area (Å²) >= 11 is 3.25. The van der Waals surface area contributed by atoms with Gasteiger partial charge in [-0.3, -0.25) is 20.4 Å². The summed E-state index contributed by atoms with van der Waals surface area (Å²) in [5.41, 5.74) is 4.76. The Labute approximate surface area is 189 Å². The van der Waals surface area contributed by atoms with Gasteiger partial charge >= 0.3 is 0 Å². The van der Waals surface area contributed by atoms with Gasteiger partial charge in [0.15, 0.2) is 11.5 Å². The molecule has 168 valence electrons. The van der Waals surface area contributed by atoms with Crippen LogP contribution in [-0.2, 0) is 14.8 Å². The average molecular weight is 514 g/mol. The first-order valence-corrected chi connectivity index (χ1v) is 11.5. The zero-order chi connectivity index (χ0) is 23.2. The van der Waals surface area contributed by atoms with Gasteiger partial charge < -0.3 is 9.47 Å². The quantitative estimate of drug-likeness (QED) is 0.465. The van der Waals surface area contributed by atoms with Crippen LogP contribution in [-0.4, -0.2) is 40.5 Å². The molecule has 0 aliphatic rings. The van der Waals surface area contributed by atoms with Gasteiger partial charge in [0, 0.05) is 10.0 Å². The van der Waals surface area contributed by atoms with E-state index in [9.17, 15) is 18.0 Å². The molecule has 11 heteroatoms. The highest BCUT2D eigenvalue weighted by atomic mass is 79.9. The minimum absolute atomic E-state index is 0.0171. The van der Waals surface area contributed by atoms with Crippen LogP contribution >= 0.6 is 15.9 Å². The average Bonchev–Trinajstić information content (AvgIpc) is 2.75. The van der Waals surface area contributed by atoms with Crippen molar-refractivity contribution in [3.8, 4) is 11.5 Å². The number of nitrogens with one attached hydrogen (secondary N) is 3. The van der Waals surface area contributed by atoms with Gasteiger partial charge in [0.2, 0.25) is 10.0 Å². The molecule has 3 N–H and O–H groups in total. The number of hydrazine groups is 1. The molecule has 0 bridgehead atoms. The lowest BCUT2D eigenvalue weighted by molar-refractivity contribution is -0.124. The number of carbonyl (C=O) groups excluding carboxylic acids is 2. The molecule has 0 fully saturated rings. The van der Waals surface area contributed by atoms with E-state index in [-0.39, 0.29) is 16.4 Å². The Morgan fingerprint density at radius 1 is 0.935 bits per heavy atom. The molecular weight excluding hydrogens is 490 g/mol. The van der Waals surface area contributed by atoms with Crippen LogP contribution in [0, 0.1) is 5.92 Å². The van der Waals surface area contributed by atoms with Crippen molar-refractivity contribution in [3.05, 3.63) is 52.5 Å². The zero-order valence-corrected chi connectivity index (χ0v) is 19.8. The smallest absolute Gasteiger partial charge is 0.269 e. The molecule has 2 amide bonds. The second-order valence-electron chi connectivity index (χ2n) is 6.81. The van der Waals surface area contributed by atoms with E-state index < -0.39 is 27.9 Å². The summed E-state index contributed by atoms with van der Waals surface area (Å²) in [4.78, 5) is 25.0. The first-order chi connectivity index (χ1) is 14.6. The van der Waals surface area contributed by atoms with Gasteiger partial charge in [-0.2, -0.15) is 4.72 Å². The maximum atomic E-state index is 12.6. The van der Waals surface area contributed by atoms with Crippen LogP contribution in [0.3, 0.4) is 0 Å². The van der Waals surface area contributed by atoms with Crippen molar-refractivity contribution >= 4 is 37.8 Å². The van der Waals surface area contributed by atoms with E-state index in [1.807, 2.05) is 0 Å². The fourth-order valence-corrected chi connectivity index (χ4v) is 4.20. The molecule has 2 aromatic carbocycles. The summed E-state index contributed by atoms with van der Waals surface area (Å²) in [6.45, 7) is 3.37. The Morgan fingerprint density at radius 2 is 1.55 bits per heavy atom. The zero-order valence-electron chi connectivity index (χ0n) is 17.4. The lowest BCUT2D eigenvalue weighted by Gasteiger charge is -2.22. The van der Waals surface area contributed by atoms with Gasteiger partial charge in [-0.25, -0.2) is 8.42 Å². The van der Waals surface area contributed by atoms with Crippen LogP contribution < -0.4 is 25.0 Å². The molecule has 0 heterocycles. The molecule has 0 saturated carbocycles. The lowest BCUT2D eigenvalue weighted by atomic mass is 10.1. The molecule has 0 radical (unpaired) electrons. The predicted molar refractivity (Wildman–Crippen MR) is 118 cm³/mol. The minimum atomic E-state index is -3.95. The summed E-state index contributed by atoms with van der Waals surface area (Å²) < 4.78 is 38.7. The third-order valence-electron chi connectivity index (χ3n) is 4.30. The van der Waals surface area contributed by atoms with Gasteiger partial charge in [-0.15, -0.1) is 0 Å². The number of rotatable bonds is 8. The van der Waals surface area contributed by atoms with Crippen LogP contribution in [0.1, 0.15) is 24.2 Å². The molecule has 1 atom stereocenters. The highest BCUT2D eigenvalue weighted by molar-refractivity contribution is 9.10. The Hall–Kier alpha value is -2.63. The second-order valence-corrected chi connectivity index (χ2v) is 9.44. The van der Waals surface area contributed by atoms with E-state index in [2.05, 4.69) is 31.5 Å². The summed E-state index contributed by atoms with van der Waals surface area (Å²) in [5.74, 6) is -0.894. The summed E-state index contributed by atoms with van der Waals surface area (Å²) in [6, 6.07) is 9.40. The summed E-state index contributed by atoms with van der Waals surface area (Å²) in [6.07, 6.45) is 0. The number of hydrogen-bond donors (Lipinski definition) is 3. The van der Waals surface area contributed by atoms with Crippen LogP contribution in [0.2, 0.25) is 0 Å². The predicted octanol–water partition coefficient (Wildman–Crippen LogP) is 2.23. The van der Waals surface area contributed by atoms with Gasteiger partial charge in [-0.1, -0.05) is 29.8 Å². The van der Waals surface area contributed by atoms with E-state index in [0.717, 1.165) is 4.47 Å². The first kappa shape index (κ1) is 24.6. The van der Waals surface area contributed by atoms with Crippen LogP contribution in [0.5, 0.6) is 11.5 Å². The van der Waals surface area contributed by atoms with Gasteiger partial charge in [0.25, 0.3) is 11.8 Å². The number of ether oxygens (including phenoxy) is 2. The highest BCUT2D eigenvalue weighted by Crippen LogP contribution is 2.27. The third-order valence-corrected chi connectivity index (χ3v) is 6.29. The van der Waals surface area contributed by atoms with Gasteiger partial charge in [-0.05, 0) is 48.4 Å². The van der Waals surface area contributed by atoms with Crippen LogP contribution in [0.4, 0.5) is 0 Å². The number of benzene rings is 2. The molecular formula is C20H24BrN3O6S. The van der Waals surface area contributed by atoms with Crippen molar-refractivity contribution < 1.29 is 27.5 Å². The molecule has 0 aromatic heterocycles. The van der Waals surface area contributed by atoms with Gasteiger partial charge in [0.1, 0.15) is 6.04 Å². The van der Waals surface area contributed by atoms with Gasteiger partial charge in [0.05, 0.1) is 19.1 Å². The monoisotopic (exact) mass is 513 g/mol. The van der Waals surface area contributed by atoms with Crippen LogP contribution in [0.15, 0.2) is 51.8 Å². The second kappa shape index (κ2) is 10.6. The van der Waals surface area contributed by atoms with Crippen molar-refractivity contribution in [1.29, 1.82) is 0 Å². The number of sulfonamides is 1. The van der Waals surface area contributed by atoms with Crippen molar-refractivity contribution in [2.75, 3.05) is 14.2 Å². The lowest BCUT2D eigenvalue weighted by Crippen LogP contribution is -2.54. The third kappa shape index (κ3) is 6.42. The van der Waals surface area contributed by atoms with Crippen LogP contribution in [0.25, 0.3) is 0 Å². The summed E-state index contributed by atoms with van der Waals surface area (Å²) in [5, 5.41) is 0. The van der Waals surface area contributed by atoms with E-state index in [0.29, 0.717) is 11.5 Å². The molecule has 9 nitrogen and oxygen atoms in total. The maximum Gasteiger partial charge on any atom is 0.269 e. The standard InChI is InChI=1S/C20H24BrN3O6S/c1-12(2)18(24-31(27,28)15-8-6-14(21)7-9-15)20(26)23-22-19(25)13-5-10-16(29-3)17(11-13)30-4/h5-12,18,24H,1-4H3,(H,22,25)(H,23,26)/t18-/m0/s1. The molecule has 0 spiro atoms. The Bertz CT molecular complexity index is 1040. The molecule has 0 aliphatic heterocycles. The number of amides is 2. The SMILES string of the molecule is COc1ccc(C(=O)NNC(=O)[C@@H](NS(=O)(=O)c2ccc(Br)cc2)C(C)C)cc1OC. The molecule has 0 aliphatic carbocycles. The highest BCUT2D eigenvalue weighted by Gasteiger charge is 2.28. The van der Waals surface area contributed by atoms with E-state index in [1.54, 1.807) is 32.0 Å². The van der Waals surface area contributed by atoms with Crippen molar-refractivity contribution in [3.63, 3.8) is 0 Å². The number of hydrogen-bond acceptors (Lipinski definition) is 6.